The van der Waals surface area contributed by atoms with Gasteiger partial charge in [0.15, 0.2) is 0 Å². The van der Waals surface area contributed by atoms with Crippen molar-refractivity contribution in [1.82, 2.24) is 10.2 Å². The second-order valence-corrected chi connectivity index (χ2v) is 4.04. The molecule has 0 radical (unpaired) electrons. The van der Waals surface area contributed by atoms with Crippen LogP contribution in [0, 0.1) is 0 Å². The molecule has 3 nitrogen and oxygen atoms in total. The average molecular weight is 170 g/mol. The standard InChI is InChI=1S/C9H18N2O/c1-9(2-7-12-8-9)11-5-3-10-4-6-11/h10H,2-8H2,1H3/t9-/m1/s1. The molecule has 2 saturated heterocycles. The van der Waals surface area contributed by atoms with Gasteiger partial charge in [-0.2, -0.15) is 0 Å². The monoisotopic (exact) mass is 170 g/mol. The summed E-state index contributed by atoms with van der Waals surface area (Å²) >= 11 is 0. The topological polar surface area (TPSA) is 24.5 Å². The first kappa shape index (κ1) is 8.48. The second kappa shape index (κ2) is 3.32. The van der Waals surface area contributed by atoms with E-state index < -0.39 is 0 Å². The van der Waals surface area contributed by atoms with Crippen LogP contribution in [0.15, 0.2) is 0 Å². The fourth-order valence-electron chi connectivity index (χ4n) is 2.11. The van der Waals surface area contributed by atoms with Crippen LogP contribution in [-0.2, 0) is 4.74 Å². The highest BCUT2D eigenvalue weighted by molar-refractivity contribution is 4.91. The lowest BCUT2D eigenvalue weighted by molar-refractivity contribution is 0.0690. The van der Waals surface area contributed by atoms with E-state index in [0.717, 1.165) is 26.3 Å². The predicted octanol–water partition coefficient (Wildman–Crippen LogP) is 0.0706. The van der Waals surface area contributed by atoms with Crippen molar-refractivity contribution in [2.75, 3.05) is 39.4 Å². The molecule has 0 bridgehead atoms. The molecule has 1 N–H and O–H groups in total. The molecule has 2 rings (SSSR count). The van der Waals surface area contributed by atoms with Gasteiger partial charge in [-0.05, 0) is 13.3 Å². The highest BCUT2D eigenvalue weighted by atomic mass is 16.5. The van der Waals surface area contributed by atoms with Crippen molar-refractivity contribution >= 4 is 0 Å². The maximum absolute atomic E-state index is 5.45. The Morgan fingerprint density at radius 3 is 2.67 bits per heavy atom. The second-order valence-electron chi connectivity index (χ2n) is 4.04. The van der Waals surface area contributed by atoms with Gasteiger partial charge < -0.3 is 10.1 Å². The Morgan fingerprint density at radius 1 is 1.33 bits per heavy atom. The number of rotatable bonds is 1. The van der Waals surface area contributed by atoms with E-state index in [2.05, 4.69) is 17.1 Å². The van der Waals surface area contributed by atoms with Crippen molar-refractivity contribution in [1.29, 1.82) is 0 Å². The number of piperazine rings is 1. The highest BCUT2D eigenvalue weighted by Crippen LogP contribution is 2.25. The fraction of sp³-hybridized carbons (Fsp3) is 1.00. The van der Waals surface area contributed by atoms with Crippen molar-refractivity contribution in [2.45, 2.75) is 18.9 Å². The third kappa shape index (κ3) is 1.49. The van der Waals surface area contributed by atoms with E-state index in [4.69, 9.17) is 4.74 Å². The molecule has 12 heavy (non-hydrogen) atoms. The maximum Gasteiger partial charge on any atom is 0.0648 e. The largest absolute Gasteiger partial charge is 0.379 e. The van der Waals surface area contributed by atoms with Gasteiger partial charge in [0.2, 0.25) is 0 Å². The highest BCUT2D eigenvalue weighted by Gasteiger charge is 2.36. The number of hydrogen-bond acceptors (Lipinski definition) is 3. The Bertz CT molecular complexity index is 149. The van der Waals surface area contributed by atoms with Gasteiger partial charge in [-0.1, -0.05) is 0 Å². The van der Waals surface area contributed by atoms with Crippen LogP contribution in [0.5, 0.6) is 0 Å². The summed E-state index contributed by atoms with van der Waals surface area (Å²) in [5.74, 6) is 0. The molecule has 0 aromatic heterocycles. The Kier molecular flexibility index (Phi) is 2.35. The summed E-state index contributed by atoms with van der Waals surface area (Å²) in [4.78, 5) is 2.57. The third-order valence-electron chi connectivity index (χ3n) is 3.08. The van der Waals surface area contributed by atoms with Crippen LogP contribution >= 0.6 is 0 Å². The molecule has 0 amide bonds. The van der Waals surface area contributed by atoms with Crippen LogP contribution in [0.2, 0.25) is 0 Å². The molecule has 0 aromatic carbocycles. The Labute approximate surface area is 74.1 Å². The van der Waals surface area contributed by atoms with Crippen molar-refractivity contribution in [3.63, 3.8) is 0 Å². The van der Waals surface area contributed by atoms with Gasteiger partial charge in [-0.25, -0.2) is 0 Å². The lowest BCUT2D eigenvalue weighted by atomic mass is 9.98. The van der Waals surface area contributed by atoms with Crippen molar-refractivity contribution in [3.05, 3.63) is 0 Å². The van der Waals surface area contributed by atoms with Crippen LogP contribution in [0.4, 0.5) is 0 Å². The number of nitrogens with one attached hydrogen (secondary N) is 1. The molecule has 0 spiro atoms. The fourth-order valence-corrected chi connectivity index (χ4v) is 2.11. The molecule has 0 aromatic rings. The maximum atomic E-state index is 5.45. The number of hydrogen-bond donors (Lipinski definition) is 1. The summed E-state index contributed by atoms with van der Waals surface area (Å²) in [5.41, 5.74) is 0.335. The first-order valence-corrected chi connectivity index (χ1v) is 4.85. The normalized spacial score (nSPS) is 38.8. The van der Waals surface area contributed by atoms with E-state index in [1.807, 2.05) is 0 Å². The Hall–Kier alpha value is -0.120. The summed E-state index contributed by atoms with van der Waals surface area (Å²) in [6.07, 6.45) is 1.20. The quantitative estimate of drug-likeness (QED) is 0.603. The molecule has 70 valence electrons. The van der Waals surface area contributed by atoms with Gasteiger partial charge in [0.1, 0.15) is 0 Å². The van der Waals surface area contributed by atoms with E-state index in [-0.39, 0.29) is 0 Å². The first-order valence-electron chi connectivity index (χ1n) is 4.85. The zero-order chi connectivity index (χ0) is 8.44. The van der Waals surface area contributed by atoms with E-state index in [9.17, 15) is 0 Å². The van der Waals surface area contributed by atoms with Crippen LogP contribution in [0.25, 0.3) is 0 Å². The Balaban J connectivity index is 1.96. The molecule has 2 heterocycles. The summed E-state index contributed by atoms with van der Waals surface area (Å²) in [7, 11) is 0. The molecule has 2 fully saturated rings. The van der Waals surface area contributed by atoms with Gasteiger partial charge in [-0.15, -0.1) is 0 Å². The Morgan fingerprint density at radius 2 is 2.08 bits per heavy atom. The van der Waals surface area contributed by atoms with Crippen LogP contribution < -0.4 is 5.32 Å². The summed E-state index contributed by atoms with van der Waals surface area (Å²) < 4.78 is 5.45. The number of nitrogens with zero attached hydrogens (tertiary/aromatic N) is 1. The van der Waals surface area contributed by atoms with E-state index in [1.165, 1.54) is 19.5 Å². The minimum absolute atomic E-state index is 0.335. The van der Waals surface area contributed by atoms with E-state index in [1.54, 1.807) is 0 Å². The molecule has 0 saturated carbocycles. The minimum atomic E-state index is 0.335. The molecular formula is C9H18N2O. The molecule has 0 aliphatic carbocycles. The van der Waals surface area contributed by atoms with Gasteiger partial charge in [0.25, 0.3) is 0 Å². The van der Waals surface area contributed by atoms with Crippen molar-refractivity contribution in [3.8, 4) is 0 Å². The van der Waals surface area contributed by atoms with E-state index in [0.29, 0.717) is 5.54 Å². The van der Waals surface area contributed by atoms with Crippen molar-refractivity contribution in [2.24, 2.45) is 0 Å². The summed E-state index contributed by atoms with van der Waals surface area (Å²) in [6, 6.07) is 0. The average Bonchev–Trinajstić information content (AvgIpc) is 2.55. The summed E-state index contributed by atoms with van der Waals surface area (Å²) in [6.45, 7) is 8.82. The van der Waals surface area contributed by atoms with E-state index >= 15 is 0 Å². The molecule has 0 unspecified atom stereocenters. The number of ether oxygens (including phenoxy) is 1. The lowest BCUT2D eigenvalue weighted by Crippen LogP contribution is -2.55. The zero-order valence-corrected chi connectivity index (χ0v) is 7.81. The van der Waals surface area contributed by atoms with Gasteiger partial charge in [0, 0.05) is 38.3 Å². The minimum Gasteiger partial charge on any atom is -0.379 e. The molecule has 2 aliphatic rings. The van der Waals surface area contributed by atoms with Gasteiger partial charge >= 0.3 is 0 Å². The molecule has 2 aliphatic heterocycles. The molecule has 1 atom stereocenters. The predicted molar refractivity (Wildman–Crippen MR) is 48.3 cm³/mol. The first-order chi connectivity index (χ1) is 5.81. The van der Waals surface area contributed by atoms with Gasteiger partial charge in [-0.3, -0.25) is 4.90 Å². The van der Waals surface area contributed by atoms with Crippen LogP contribution in [0.1, 0.15) is 13.3 Å². The summed E-state index contributed by atoms with van der Waals surface area (Å²) in [5, 5.41) is 3.37. The third-order valence-corrected chi connectivity index (χ3v) is 3.08. The van der Waals surface area contributed by atoms with Crippen LogP contribution in [0.3, 0.4) is 0 Å². The van der Waals surface area contributed by atoms with Crippen molar-refractivity contribution < 1.29 is 4.74 Å². The zero-order valence-electron chi connectivity index (χ0n) is 7.81. The molecular weight excluding hydrogens is 152 g/mol. The van der Waals surface area contributed by atoms with Crippen LogP contribution in [-0.4, -0.2) is 49.8 Å². The lowest BCUT2D eigenvalue weighted by Gasteiger charge is -2.39. The molecule has 3 heteroatoms. The SMILES string of the molecule is C[C@@]1(N2CCNCC2)CCOC1. The van der Waals surface area contributed by atoms with Gasteiger partial charge in [0.05, 0.1) is 6.61 Å². The smallest absolute Gasteiger partial charge is 0.0648 e.